The number of nitrogens with zero attached hydrogens (tertiary/aromatic N) is 1. The fraction of sp³-hybridized carbons (Fsp3) is 0.381. The van der Waals surface area contributed by atoms with Crippen LogP contribution in [0.5, 0.6) is 5.88 Å². The summed E-state index contributed by atoms with van der Waals surface area (Å²) in [5, 5.41) is 5.84. The molecule has 1 atom stereocenters. The van der Waals surface area contributed by atoms with Crippen molar-refractivity contribution in [3.8, 4) is 5.88 Å². The molecule has 2 amide bonds. The summed E-state index contributed by atoms with van der Waals surface area (Å²) >= 11 is 0. The van der Waals surface area contributed by atoms with Crippen LogP contribution in [0, 0.1) is 6.92 Å². The number of hydrogen-bond donors (Lipinski definition) is 2. The minimum absolute atomic E-state index is 0.0327. The van der Waals surface area contributed by atoms with Gasteiger partial charge in [-0.3, -0.25) is 9.59 Å². The Kier molecular flexibility index (Phi) is 5.25. The summed E-state index contributed by atoms with van der Waals surface area (Å²) in [5.41, 5.74) is 2.46. The predicted octanol–water partition coefficient (Wildman–Crippen LogP) is 2.70. The Morgan fingerprint density at radius 3 is 2.68 bits per heavy atom. The second kappa shape index (κ2) is 7.98. The van der Waals surface area contributed by atoms with Crippen LogP contribution in [0.3, 0.4) is 0 Å². The van der Waals surface area contributed by atoms with Crippen LogP contribution in [0.2, 0.25) is 0 Å². The van der Waals surface area contributed by atoms with Crippen molar-refractivity contribution in [1.82, 2.24) is 10.3 Å². The number of benzene rings is 1. The molecule has 7 nitrogen and oxygen atoms in total. The number of carbonyl (C=O) groups is 2. The van der Waals surface area contributed by atoms with Gasteiger partial charge in [0, 0.05) is 41.5 Å². The highest BCUT2D eigenvalue weighted by Gasteiger charge is 2.24. The minimum atomic E-state index is -0.280. The molecule has 146 valence electrons. The van der Waals surface area contributed by atoms with E-state index < -0.39 is 0 Å². The van der Waals surface area contributed by atoms with Gasteiger partial charge in [-0.05, 0) is 43.5 Å². The van der Waals surface area contributed by atoms with Gasteiger partial charge in [-0.1, -0.05) is 6.07 Å². The maximum Gasteiger partial charge on any atom is 0.255 e. The van der Waals surface area contributed by atoms with Crippen LogP contribution >= 0.6 is 0 Å². The number of aryl methyl sites for hydroxylation is 1. The van der Waals surface area contributed by atoms with Crippen LogP contribution in [0.25, 0.3) is 0 Å². The van der Waals surface area contributed by atoms with E-state index in [1.807, 2.05) is 13.0 Å². The minimum Gasteiger partial charge on any atom is -0.472 e. The normalized spacial score (nSPS) is 18.5. The fourth-order valence-electron chi connectivity index (χ4n) is 2.98. The SMILES string of the molecule is Cc1ccc(C(=O)NC2CC2)cc1NC(=O)c1ccnc(OC2CCOC2)c1. The quantitative estimate of drug-likeness (QED) is 0.803. The first kappa shape index (κ1) is 18.4. The number of nitrogens with one attached hydrogen (secondary N) is 2. The van der Waals surface area contributed by atoms with Crippen molar-refractivity contribution >= 4 is 17.5 Å². The Morgan fingerprint density at radius 2 is 1.93 bits per heavy atom. The smallest absolute Gasteiger partial charge is 0.255 e. The molecular formula is C21H23N3O4. The van der Waals surface area contributed by atoms with Crippen LogP contribution in [0.1, 0.15) is 45.5 Å². The summed E-state index contributed by atoms with van der Waals surface area (Å²) in [7, 11) is 0. The van der Waals surface area contributed by atoms with E-state index in [1.54, 1.807) is 30.5 Å². The number of pyridine rings is 1. The Bertz CT molecular complexity index is 889. The molecule has 1 aliphatic carbocycles. The van der Waals surface area contributed by atoms with Gasteiger partial charge >= 0.3 is 0 Å². The lowest BCUT2D eigenvalue weighted by atomic mass is 10.1. The van der Waals surface area contributed by atoms with Crippen molar-refractivity contribution in [2.75, 3.05) is 18.5 Å². The molecule has 0 spiro atoms. The summed E-state index contributed by atoms with van der Waals surface area (Å²) in [6, 6.07) is 8.84. The summed E-state index contributed by atoms with van der Waals surface area (Å²) in [4.78, 5) is 29.1. The maximum atomic E-state index is 12.7. The molecule has 4 rings (SSSR count). The van der Waals surface area contributed by atoms with Gasteiger partial charge in [0.25, 0.3) is 11.8 Å². The van der Waals surface area contributed by atoms with E-state index in [9.17, 15) is 9.59 Å². The average molecular weight is 381 g/mol. The molecule has 2 fully saturated rings. The number of ether oxygens (including phenoxy) is 2. The Labute approximate surface area is 163 Å². The van der Waals surface area contributed by atoms with Gasteiger partial charge in [0.05, 0.1) is 13.2 Å². The van der Waals surface area contributed by atoms with Gasteiger partial charge in [-0.15, -0.1) is 0 Å². The van der Waals surface area contributed by atoms with E-state index >= 15 is 0 Å². The van der Waals surface area contributed by atoms with E-state index in [2.05, 4.69) is 15.6 Å². The number of carbonyl (C=O) groups excluding carboxylic acids is 2. The third kappa shape index (κ3) is 4.48. The van der Waals surface area contributed by atoms with Crippen LogP contribution in [0.4, 0.5) is 5.69 Å². The molecule has 0 bridgehead atoms. The number of amides is 2. The van der Waals surface area contributed by atoms with Gasteiger partial charge in [-0.2, -0.15) is 0 Å². The molecule has 1 saturated carbocycles. The van der Waals surface area contributed by atoms with Crippen molar-refractivity contribution in [2.45, 2.75) is 38.3 Å². The Morgan fingerprint density at radius 1 is 1.11 bits per heavy atom. The number of hydrogen-bond acceptors (Lipinski definition) is 5. The highest BCUT2D eigenvalue weighted by atomic mass is 16.5. The first-order valence-corrected chi connectivity index (χ1v) is 9.52. The molecule has 1 aromatic heterocycles. The van der Waals surface area contributed by atoms with E-state index in [1.165, 1.54) is 0 Å². The topological polar surface area (TPSA) is 89.6 Å². The molecule has 2 N–H and O–H groups in total. The van der Waals surface area contributed by atoms with Crippen LogP contribution in [-0.4, -0.2) is 42.2 Å². The molecule has 1 unspecified atom stereocenters. The van der Waals surface area contributed by atoms with Gasteiger partial charge in [0.1, 0.15) is 6.10 Å². The second-order valence-electron chi connectivity index (χ2n) is 7.22. The fourth-order valence-corrected chi connectivity index (χ4v) is 2.98. The molecular weight excluding hydrogens is 358 g/mol. The Hall–Kier alpha value is -2.93. The lowest BCUT2D eigenvalue weighted by molar-refractivity contribution is 0.0949. The number of rotatable bonds is 6. The maximum absolute atomic E-state index is 12.7. The van der Waals surface area contributed by atoms with E-state index in [4.69, 9.17) is 9.47 Å². The zero-order chi connectivity index (χ0) is 19.5. The van der Waals surface area contributed by atoms with Gasteiger partial charge in [0.2, 0.25) is 5.88 Å². The van der Waals surface area contributed by atoms with Crippen molar-refractivity contribution in [3.63, 3.8) is 0 Å². The molecule has 1 aromatic carbocycles. The van der Waals surface area contributed by atoms with Crippen molar-refractivity contribution in [2.24, 2.45) is 0 Å². The highest BCUT2D eigenvalue weighted by molar-refractivity contribution is 6.05. The number of anilines is 1. The van der Waals surface area contributed by atoms with E-state index in [-0.39, 0.29) is 24.0 Å². The van der Waals surface area contributed by atoms with Gasteiger partial charge < -0.3 is 20.1 Å². The van der Waals surface area contributed by atoms with Crippen molar-refractivity contribution in [1.29, 1.82) is 0 Å². The molecule has 0 radical (unpaired) electrons. The molecule has 1 aliphatic heterocycles. The third-order valence-corrected chi connectivity index (χ3v) is 4.83. The summed E-state index contributed by atoms with van der Waals surface area (Å²) in [5.74, 6) is 0.00610. The molecule has 7 heteroatoms. The van der Waals surface area contributed by atoms with Crippen molar-refractivity contribution in [3.05, 3.63) is 53.2 Å². The van der Waals surface area contributed by atoms with Gasteiger partial charge in [-0.25, -0.2) is 4.98 Å². The van der Waals surface area contributed by atoms with Crippen LogP contribution in [-0.2, 0) is 4.74 Å². The van der Waals surface area contributed by atoms with Crippen LogP contribution in [0.15, 0.2) is 36.5 Å². The van der Waals surface area contributed by atoms with Gasteiger partial charge in [0.15, 0.2) is 0 Å². The first-order chi connectivity index (χ1) is 13.6. The molecule has 1 saturated heterocycles. The molecule has 2 heterocycles. The lowest BCUT2D eigenvalue weighted by Crippen LogP contribution is -2.25. The number of aromatic nitrogens is 1. The van der Waals surface area contributed by atoms with Crippen LogP contribution < -0.4 is 15.4 Å². The van der Waals surface area contributed by atoms with E-state index in [0.717, 1.165) is 24.8 Å². The third-order valence-electron chi connectivity index (χ3n) is 4.83. The molecule has 2 aromatic rings. The summed E-state index contributed by atoms with van der Waals surface area (Å²) in [6.45, 7) is 3.10. The first-order valence-electron chi connectivity index (χ1n) is 9.52. The summed E-state index contributed by atoms with van der Waals surface area (Å²) < 4.78 is 11.1. The Balaban J connectivity index is 1.46. The highest BCUT2D eigenvalue weighted by Crippen LogP contribution is 2.22. The zero-order valence-corrected chi connectivity index (χ0v) is 15.7. The monoisotopic (exact) mass is 381 g/mol. The zero-order valence-electron chi connectivity index (χ0n) is 15.7. The lowest BCUT2D eigenvalue weighted by Gasteiger charge is -2.13. The standard InChI is InChI=1S/C21H23N3O4/c1-13-2-3-14(20(25)23-16-4-5-16)10-18(13)24-21(26)15-6-8-22-19(11-15)28-17-7-9-27-12-17/h2-3,6,8,10-11,16-17H,4-5,7,9,12H2,1H3,(H,23,25)(H,24,26). The van der Waals surface area contributed by atoms with Crippen molar-refractivity contribution < 1.29 is 19.1 Å². The summed E-state index contributed by atoms with van der Waals surface area (Å²) in [6.07, 6.45) is 4.38. The molecule has 2 aliphatic rings. The average Bonchev–Trinajstić information content (AvgIpc) is 3.36. The molecule has 28 heavy (non-hydrogen) atoms. The van der Waals surface area contributed by atoms with E-state index in [0.29, 0.717) is 35.9 Å². The second-order valence-corrected chi connectivity index (χ2v) is 7.22. The largest absolute Gasteiger partial charge is 0.472 e. The predicted molar refractivity (Wildman–Crippen MR) is 104 cm³/mol.